The Morgan fingerprint density at radius 2 is 1.18 bits per heavy atom. The first-order valence-corrected chi connectivity index (χ1v) is 14.7. The van der Waals surface area contributed by atoms with E-state index in [2.05, 4.69) is 99.0 Å². The molecule has 0 radical (unpaired) electrons. The maximum atomic E-state index is 4.69. The van der Waals surface area contributed by atoms with E-state index < -0.39 is 0 Å². The molecule has 0 atom stereocenters. The molecule has 0 fully saturated rings. The number of unbranched alkanes of at least 4 members (excludes halogenated alkanes) is 3. The number of benzene rings is 3. The monoisotopic (exact) mass is 717 g/mol. The van der Waals surface area contributed by atoms with Crippen LogP contribution in [0.3, 0.4) is 0 Å². The molecular weight excluding hydrogens is 678 g/mol. The van der Waals surface area contributed by atoms with Crippen molar-refractivity contribution in [3.05, 3.63) is 121 Å². The molecule has 9 heteroatoms. The minimum absolute atomic E-state index is 0. The molecular formula is C35H41Br2N7. The molecule has 0 aliphatic rings. The number of hydrogen-bond donors (Lipinski definition) is 0. The number of para-hydroxylation sites is 3. The highest BCUT2D eigenvalue weighted by molar-refractivity contribution is 5.97. The smallest absolute Gasteiger partial charge is 0.301 e. The fourth-order valence-corrected chi connectivity index (χ4v) is 5.13. The lowest BCUT2D eigenvalue weighted by atomic mass is 10.1. The van der Waals surface area contributed by atoms with Crippen molar-refractivity contribution >= 4 is 34.7 Å². The summed E-state index contributed by atoms with van der Waals surface area (Å²) < 4.78 is 6.79. The van der Waals surface area contributed by atoms with Gasteiger partial charge < -0.3 is 34.0 Å². The van der Waals surface area contributed by atoms with Gasteiger partial charge in [-0.3, -0.25) is 10.0 Å². The van der Waals surface area contributed by atoms with Gasteiger partial charge in [-0.05, 0) is 49.6 Å². The van der Waals surface area contributed by atoms with Gasteiger partial charge in [-0.2, -0.15) is 14.8 Å². The van der Waals surface area contributed by atoms with Gasteiger partial charge in [0.1, 0.15) is 25.2 Å². The third kappa shape index (κ3) is 9.09. The number of aryl methyl sites for hydroxylation is 3. The topological polar surface area (TPSA) is 43.9 Å². The molecule has 2 aromatic heterocycles. The van der Waals surface area contributed by atoms with Gasteiger partial charge in [-0.25, -0.2) is 9.13 Å². The van der Waals surface area contributed by atoms with E-state index in [4.69, 9.17) is 5.10 Å². The van der Waals surface area contributed by atoms with Crippen molar-refractivity contribution in [2.24, 2.45) is 17.3 Å². The summed E-state index contributed by atoms with van der Waals surface area (Å²) in [5.74, 6) is 1.10. The Labute approximate surface area is 282 Å². The zero-order chi connectivity index (χ0) is 29.1. The predicted molar refractivity (Wildman–Crippen MR) is 173 cm³/mol. The standard InChI is InChI=1S/C35H41N7.2BrH/c1-38-26-27-42(35(38)29-37-40(3)32-18-10-7-11-19-32)24-15-5-4-14-23-41-25-22-30(33-20-12-13-21-34(33)41)28-36-39(2)31-16-8-6-9-17-31;;/h6-13,16-22,25-29H,4-5,14-15,23-24H2,1-3H3;2*1H/q+2;;/p-2. The largest absolute Gasteiger partial charge is 1.00 e. The summed E-state index contributed by atoms with van der Waals surface area (Å²) in [5, 5.41) is 14.4. The number of fused-ring (bicyclic) bond motifs is 1. The zero-order valence-electron chi connectivity index (χ0n) is 25.7. The summed E-state index contributed by atoms with van der Waals surface area (Å²) in [6.07, 6.45) is 15.0. The lowest BCUT2D eigenvalue weighted by Gasteiger charge is -2.12. The second kappa shape index (κ2) is 17.5. The number of pyridine rings is 1. The third-order valence-electron chi connectivity index (χ3n) is 7.61. The van der Waals surface area contributed by atoms with E-state index >= 15 is 0 Å². The molecule has 230 valence electrons. The van der Waals surface area contributed by atoms with Crippen LogP contribution in [0.25, 0.3) is 10.9 Å². The molecule has 5 rings (SSSR count). The summed E-state index contributed by atoms with van der Waals surface area (Å²) >= 11 is 0. The lowest BCUT2D eigenvalue weighted by Crippen LogP contribution is -3.00. The molecule has 0 aliphatic heterocycles. The van der Waals surface area contributed by atoms with E-state index in [1.54, 1.807) is 0 Å². The summed E-state index contributed by atoms with van der Waals surface area (Å²) in [6, 6.07) is 31.2. The number of rotatable bonds is 13. The Kier molecular flexibility index (Phi) is 13.8. The molecule has 3 aromatic carbocycles. The van der Waals surface area contributed by atoms with Crippen LogP contribution in [0.15, 0.2) is 120 Å². The van der Waals surface area contributed by atoms with Crippen LogP contribution in [0, 0.1) is 0 Å². The molecule has 2 heterocycles. The average molecular weight is 720 g/mol. The highest BCUT2D eigenvalue weighted by Gasteiger charge is 2.14. The van der Waals surface area contributed by atoms with Crippen LogP contribution in [0.5, 0.6) is 0 Å². The van der Waals surface area contributed by atoms with Crippen molar-refractivity contribution in [2.75, 3.05) is 24.1 Å². The van der Waals surface area contributed by atoms with Crippen LogP contribution >= 0.6 is 0 Å². The summed E-state index contributed by atoms with van der Waals surface area (Å²) in [4.78, 5) is 0. The first kappa shape index (κ1) is 34.7. The van der Waals surface area contributed by atoms with Gasteiger partial charge in [0.2, 0.25) is 5.52 Å². The Morgan fingerprint density at radius 3 is 1.82 bits per heavy atom. The molecule has 0 N–H and O–H groups in total. The Hall–Kier alpha value is -3.82. The van der Waals surface area contributed by atoms with Gasteiger partial charge in [0.25, 0.3) is 0 Å². The molecule has 0 saturated carbocycles. The molecule has 7 nitrogen and oxygen atoms in total. The number of hydrogen-bond acceptors (Lipinski definition) is 4. The number of halogens is 2. The predicted octanol–water partition coefficient (Wildman–Crippen LogP) is -0.0375. The molecule has 0 amide bonds. The molecule has 44 heavy (non-hydrogen) atoms. The van der Waals surface area contributed by atoms with Crippen LogP contribution in [-0.4, -0.2) is 31.1 Å². The van der Waals surface area contributed by atoms with Crippen molar-refractivity contribution < 1.29 is 43.1 Å². The van der Waals surface area contributed by atoms with Gasteiger partial charge in [0.15, 0.2) is 6.20 Å². The van der Waals surface area contributed by atoms with Crippen molar-refractivity contribution in [3.63, 3.8) is 0 Å². The number of nitrogens with zero attached hydrogens (tertiary/aromatic N) is 7. The minimum atomic E-state index is 0. The minimum Gasteiger partial charge on any atom is -1.00 e. The van der Waals surface area contributed by atoms with E-state index in [1.807, 2.05) is 72.9 Å². The van der Waals surface area contributed by atoms with Crippen molar-refractivity contribution in [1.82, 2.24) is 4.57 Å². The average Bonchev–Trinajstić information content (AvgIpc) is 3.39. The van der Waals surface area contributed by atoms with E-state index in [1.165, 1.54) is 23.7 Å². The second-order valence-corrected chi connectivity index (χ2v) is 10.6. The SMILES string of the molecule is CN(/N=C/c1cc[n+](CCCCCC[n+]2ccn(C)c2/C=N/N(C)c2ccccc2)c2ccccc12)c1ccccc1.[Br-].[Br-]. The van der Waals surface area contributed by atoms with Crippen molar-refractivity contribution in [3.8, 4) is 0 Å². The highest BCUT2D eigenvalue weighted by Crippen LogP contribution is 2.16. The number of imidazole rings is 1. The quantitative estimate of drug-likeness (QED) is 0.0744. The molecule has 0 bridgehead atoms. The highest BCUT2D eigenvalue weighted by atomic mass is 79.9. The molecule has 0 spiro atoms. The van der Waals surface area contributed by atoms with E-state index in [0.29, 0.717) is 0 Å². The fraction of sp³-hybridized carbons (Fsp3) is 0.257. The van der Waals surface area contributed by atoms with E-state index in [0.717, 1.165) is 48.7 Å². The number of hydrazone groups is 2. The van der Waals surface area contributed by atoms with Crippen LogP contribution in [0.1, 0.15) is 37.1 Å². The van der Waals surface area contributed by atoms with Gasteiger partial charge >= 0.3 is 5.82 Å². The Morgan fingerprint density at radius 1 is 0.636 bits per heavy atom. The number of aromatic nitrogens is 3. The maximum Gasteiger partial charge on any atom is 0.301 e. The normalized spacial score (nSPS) is 11.1. The van der Waals surface area contributed by atoms with Gasteiger partial charge in [0.05, 0.1) is 36.6 Å². The van der Waals surface area contributed by atoms with Crippen LogP contribution in [-0.2, 0) is 20.1 Å². The zero-order valence-corrected chi connectivity index (χ0v) is 28.8. The molecule has 0 saturated heterocycles. The summed E-state index contributed by atoms with van der Waals surface area (Å²) in [7, 11) is 6.03. The van der Waals surface area contributed by atoms with Crippen molar-refractivity contribution in [2.45, 2.75) is 38.8 Å². The van der Waals surface area contributed by atoms with Crippen LogP contribution < -0.4 is 53.1 Å². The van der Waals surface area contributed by atoms with Gasteiger partial charge in [-0.1, -0.05) is 48.5 Å². The Balaban J connectivity index is 0.00000264. The first-order valence-electron chi connectivity index (χ1n) is 14.7. The van der Waals surface area contributed by atoms with Gasteiger partial charge in [-0.15, -0.1) is 0 Å². The van der Waals surface area contributed by atoms with E-state index in [-0.39, 0.29) is 34.0 Å². The summed E-state index contributed by atoms with van der Waals surface area (Å²) in [6.45, 7) is 1.99. The molecule has 0 unspecified atom stereocenters. The lowest BCUT2D eigenvalue weighted by molar-refractivity contribution is -0.697. The number of anilines is 2. The first-order chi connectivity index (χ1) is 20.6. The van der Waals surface area contributed by atoms with Crippen LogP contribution in [0.2, 0.25) is 0 Å². The molecule has 5 aromatic rings. The summed E-state index contributed by atoms with van der Waals surface area (Å²) in [5.41, 5.74) is 4.50. The maximum absolute atomic E-state index is 4.69. The second-order valence-electron chi connectivity index (χ2n) is 10.6. The third-order valence-corrected chi connectivity index (χ3v) is 7.61. The van der Waals surface area contributed by atoms with Crippen molar-refractivity contribution in [1.29, 1.82) is 0 Å². The fourth-order valence-electron chi connectivity index (χ4n) is 5.13. The molecule has 0 aliphatic carbocycles. The van der Waals surface area contributed by atoms with Crippen LogP contribution in [0.4, 0.5) is 11.4 Å². The Bertz CT molecular complexity index is 1640. The van der Waals surface area contributed by atoms with E-state index in [9.17, 15) is 0 Å². The van der Waals surface area contributed by atoms with Gasteiger partial charge in [0, 0.05) is 38.2 Å².